The predicted octanol–water partition coefficient (Wildman–Crippen LogP) is 8.74. The second-order valence-electron chi connectivity index (χ2n) is 10.8. The second-order valence-corrected chi connectivity index (χ2v) is 11.2. The van der Waals surface area contributed by atoms with Crippen molar-refractivity contribution in [1.29, 1.82) is 0 Å². The quantitative estimate of drug-likeness (QED) is 0.140. The molecule has 210 valence electrons. The zero-order chi connectivity index (χ0) is 29.5. The molecule has 43 heavy (non-hydrogen) atoms. The largest absolute Gasteiger partial charge is 0.345 e. The molecule has 0 spiro atoms. The molecule has 0 atom stereocenters. The van der Waals surface area contributed by atoms with Gasteiger partial charge in [-0.15, -0.1) is 0 Å². The van der Waals surface area contributed by atoms with E-state index in [1.54, 1.807) is 0 Å². The molecule has 6 aromatic carbocycles. The number of nitrogens with one attached hydrogen (secondary N) is 2. The van der Waals surface area contributed by atoms with Gasteiger partial charge in [-0.3, -0.25) is 0 Å². The van der Waals surface area contributed by atoms with Crippen molar-refractivity contribution in [3.8, 4) is 0 Å². The van der Waals surface area contributed by atoms with Crippen molar-refractivity contribution >= 4 is 17.3 Å². The van der Waals surface area contributed by atoms with Gasteiger partial charge in [0.25, 0.3) is 0 Å². The number of thiocarbonyl (C=S) groups is 1. The molecule has 0 saturated heterocycles. The van der Waals surface area contributed by atoms with Crippen LogP contribution in [0.5, 0.6) is 0 Å². The zero-order valence-corrected chi connectivity index (χ0v) is 25.0. The maximum atomic E-state index is 6.36. The van der Waals surface area contributed by atoms with Crippen LogP contribution in [-0.4, -0.2) is 5.11 Å². The first kappa shape index (κ1) is 28.1. The van der Waals surface area contributed by atoms with Crippen LogP contribution in [0.15, 0.2) is 176 Å². The standard InChI is InChI=1S/C40H34N2S/c1-31-18-17-29-37(30-31)40(35-25-13-5-14-26-35,36-27-15-6-16-28-36)42-38(43)41-39(32-19-7-2-8-20-32,33-21-9-3-10-22-33)34-23-11-4-12-24-34/h2-30H,1H3,(H2,41,42,43). The lowest BCUT2D eigenvalue weighted by atomic mass is 9.76. The molecule has 0 bridgehead atoms. The van der Waals surface area contributed by atoms with E-state index in [9.17, 15) is 0 Å². The molecule has 0 heterocycles. The van der Waals surface area contributed by atoms with Gasteiger partial charge in [-0.2, -0.15) is 0 Å². The van der Waals surface area contributed by atoms with E-state index in [1.807, 2.05) is 18.2 Å². The highest BCUT2D eigenvalue weighted by Crippen LogP contribution is 2.39. The van der Waals surface area contributed by atoms with E-state index in [4.69, 9.17) is 12.2 Å². The van der Waals surface area contributed by atoms with Crippen molar-refractivity contribution in [1.82, 2.24) is 10.6 Å². The molecule has 0 aliphatic carbocycles. The van der Waals surface area contributed by atoms with Crippen LogP contribution >= 0.6 is 12.2 Å². The molecule has 0 amide bonds. The first-order valence-electron chi connectivity index (χ1n) is 14.6. The second kappa shape index (κ2) is 12.5. The van der Waals surface area contributed by atoms with Crippen molar-refractivity contribution in [2.45, 2.75) is 18.0 Å². The lowest BCUT2D eigenvalue weighted by Crippen LogP contribution is -2.57. The number of aryl methyl sites for hydroxylation is 1. The summed E-state index contributed by atoms with van der Waals surface area (Å²) in [6, 6.07) is 61.4. The van der Waals surface area contributed by atoms with Gasteiger partial charge in [-0.1, -0.05) is 181 Å². The Labute approximate surface area is 260 Å². The molecule has 0 aromatic heterocycles. The topological polar surface area (TPSA) is 24.1 Å². The summed E-state index contributed by atoms with van der Waals surface area (Å²) in [5.74, 6) is 0. The van der Waals surface area contributed by atoms with Gasteiger partial charge >= 0.3 is 0 Å². The van der Waals surface area contributed by atoms with Gasteiger partial charge < -0.3 is 10.6 Å². The molecule has 2 nitrogen and oxygen atoms in total. The van der Waals surface area contributed by atoms with Gasteiger partial charge in [-0.25, -0.2) is 0 Å². The highest BCUT2D eigenvalue weighted by Gasteiger charge is 2.41. The normalized spacial score (nSPS) is 11.5. The summed E-state index contributed by atoms with van der Waals surface area (Å²) >= 11 is 6.36. The summed E-state index contributed by atoms with van der Waals surface area (Å²) < 4.78 is 0. The minimum absolute atomic E-state index is 0.533. The van der Waals surface area contributed by atoms with Crippen LogP contribution in [0.4, 0.5) is 0 Å². The van der Waals surface area contributed by atoms with Gasteiger partial charge in [0, 0.05) is 0 Å². The van der Waals surface area contributed by atoms with Gasteiger partial charge in [0.15, 0.2) is 5.11 Å². The highest BCUT2D eigenvalue weighted by atomic mass is 32.1. The van der Waals surface area contributed by atoms with E-state index < -0.39 is 11.1 Å². The summed E-state index contributed by atoms with van der Waals surface area (Å²) in [5.41, 5.74) is 6.27. The molecular formula is C40H34N2S. The molecule has 3 heteroatoms. The fourth-order valence-electron chi connectivity index (χ4n) is 6.12. The molecule has 6 rings (SSSR count). The number of hydrogen-bond acceptors (Lipinski definition) is 1. The fraction of sp³-hybridized carbons (Fsp3) is 0.0750. The minimum atomic E-state index is -0.756. The number of hydrogen-bond donors (Lipinski definition) is 2. The average molecular weight is 575 g/mol. The van der Waals surface area contributed by atoms with Gasteiger partial charge in [0.05, 0.1) is 0 Å². The Morgan fingerprint density at radius 2 is 0.674 bits per heavy atom. The first-order chi connectivity index (χ1) is 21.1. The summed E-state index contributed by atoms with van der Waals surface area (Å²) in [6.45, 7) is 2.13. The molecule has 6 aromatic rings. The van der Waals surface area contributed by atoms with Crippen molar-refractivity contribution in [3.05, 3.63) is 215 Å². The smallest absolute Gasteiger partial charge is 0.168 e. The summed E-state index contributed by atoms with van der Waals surface area (Å²) in [4.78, 5) is 0. The third kappa shape index (κ3) is 5.48. The predicted molar refractivity (Wildman–Crippen MR) is 182 cm³/mol. The van der Waals surface area contributed by atoms with Crippen LogP contribution in [0.2, 0.25) is 0 Å². The Bertz CT molecular complexity index is 1630. The molecule has 0 aliphatic heterocycles. The van der Waals surface area contributed by atoms with E-state index in [0.717, 1.165) is 33.4 Å². The maximum absolute atomic E-state index is 6.36. The van der Waals surface area contributed by atoms with Crippen LogP contribution in [0.3, 0.4) is 0 Å². The molecule has 0 aliphatic rings. The minimum Gasteiger partial charge on any atom is -0.345 e. The third-order valence-corrected chi connectivity index (χ3v) is 8.29. The summed E-state index contributed by atoms with van der Waals surface area (Å²) in [7, 11) is 0. The maximum Gasteiger partial charge on any atom is 0.168 e. The van der Waals surface area contributed by atoms with Crippen molar-refractivity contribution in [3.63, 3.8) is 0 Å². The van der Waals surface area contributed by atoms with E-state index in [2.05, 4.69) is 175 Å². The van der Waals surface area contributed by atoms with Crippen molar-refractivity contribution in [2.24, 2.45) is 0 Å². The average Bonchev–Trinajstić information content (AvgIpc) is 3.08. The fourth-order valence-corrected chi connectivity index (χ4v) is 6.43. The molecule has 2 N–H and O–H groups in total. The lowest BCUT2D eigenvalue weighted by molar-refractivity contribution is 0.524. The van der Waals surface area contributed by atoms with Crippen LogP contribution in [-0.2, 0) is 11.1 Å². The van der Waals surface area contributed by atoms with Crippen LogP contribution in [0.25, 0.3) is 0 Å². The number of benzene rings is 6. The third-order valence-electron chi connectivity index (χ3n) is 8.09. The van der Waals surface area contributed by atoms with Crippen LogP contribution in [0.1, 0.15) is 38.9 Å². The Morgan fingerprint density at radius 3 is 0.977 bits per heavy atom. The number of rotatable bonds is 8. The molecule has 0 saturated carbocycles. The van der Waals surface area contributed by atoms with Crippen molar-refractivity contribution in [2.75, 3.05) is 0 Å². The summed E-state index contributed by atoms with van der Waals surface area (Å²) in [6.07, 6.45) is 0. The van der Waals surface area contributed by atoms with Gasteiger partial charge in [-0.05, 0) is 52.5 Å². The van der Waals surface area contributed by atoms with Gasteiger partial charge in [0.1, 0.15) is 11.1 Å². The Kier molecular flexibility index (Phi) is 8.17. The molecule has 0 radical (unpaired) electrons. The van der Waals surface area contributed by atoms with Crippen molar-refractivity contribution < 1.29 is 0 Å². The monoisotopic (exact) mass is 574 g/mol. The Hall–Kier alpha value is -4.99. The molecule has 0 fully saturated rings. The Balaban J connectivity index is 1.56. The SMILES string of the molecule is Cc1cccc(C(NC(=S)NC(c2ccccc2)(c2ccccc2)c2ccccc2)(c2ccccc2)c2ccccc2)c1. The van der Waals surface area contributed by atoms with E-state index in [-0.39, 0.29) is 0 Å². The first-order valence-corrected chi connectivity index (χ1v) is 15.0. The highest BCUT2D eigenvalue weighted by molar-refractivity contribution is 7.80. The van der Waals surface area contributed by atoms with E-state index >= 15 is 0 Å². The molecule has 0 unspecified atom stereocenters. The van der Waals surface area contributed by atoms with E-state index in [0.29, 0.717) is 5.11 Å². The van der Waals surface area contributed by atoms with Crippen LogP contribution < -0.4 is 10.6 Å². The van der Waals surface area contributed by atoms with E-state index in [1.165, 1.54) is 5.56 Å². The summed E-state index contributed by atoms with van der Waals surface area (Å²) in [5, 5.41) is 8.30. The molecular weight excluding hydrogens is 541 g/mol. The van der Waals surface area contributed by atoms with Crippen LogP contribution in [0, 0.1) is 6.92 Å². The zero-order valence-electron chi connectivity index (χ0n) is 24.2. The lowest BCUT2D eigenvalue weighted by Gasteiger charge is -2.42. The Morgan fingerprint density at radius 1 is 0.395 bits per heavy atom. The van der Waals surface area contributed by atoms with Gasteiger partial charge in [0.2, 0.25) is 0 Å².